The lowest BCUT2D eigenvalue weighted by Crippen LogP contribution is -2.16. The molecule has 0 heterocycles. The summed E-state index contributed by atoms with van der Waals surface area (Å²) in [7, 11) is 0. The summed E-state index contributed by atoms with van der Waals surface area (Å²) in [5, 5.41) is 14.4. The first kappa shape index (κ1) is 17.2. The number of carbonyl (C=O) groups is 3. The van der Waals surface area contributed by atoms with Crippen molar-refractivity contribution in [1.82, 2.24) is 0 Å². The number of amides is 2. The molecular formula is C18H18N2O4. The maximum absolute atomic E-state index is 12.3. The summed E-state index contributed by atoms with van der Waals surface area (Å²) < 4.78 is 0. The molecule has 0 saturated carbocycles. The van der Waals surface area contributed by atoms with Crippen LogP contribution < -0.4 is 10.6 Å². The third-order valence-corrected chi connectivity index (χ3v) is 3.29. The fraction of sp³-hybridized carbons (Fsp3) is 0.167. The third kappa shape index (κ3) is 4.42. The van der Waals surface area contributed by atoms with E-state index >= 15 is 0 Å². The first-order chi connectivity index (χ1) is 11.5. The average molecular weight is 326 g/mol. The van der Waals surface area contributed by atoms with Crippen LogP contribution in [-0.4, -0.2) is 22.9 Å². The van der Waals surface area contributed by atoms with Gasteiger partial charge in [-0.15, -0.1) is 0 Å². The van der Waals surface area contributed by atoms with Crippen LogP contribution in [0.2, 0.25) is 0 Å². The average Bonchev–Trinajstić information content (AvgIpc) is 2.55. The summed E-state index contributed by atoms with van der Waals surface area (Å²) in [6, 6.07) is 12.6. The van der Waals surface area contributed by atoms with Crippen LogP contribution in [0.5, 0.6) is 0 Å². The molecule has 2 rings (SSSR count). The maximum Gasteiger partial charge on any atom is 0.337 e. The van der Waals surface area contributed by atoms with Gasteiger partial charge in [0.1, 0.15) is 0 Å². The van der Waals surface area contributed by atoms with Crippen molar-refractivity contribution >= 4 is 29.2 Å². The molecule has 0 aliphatic rings. The molecule has 0 saturated heterocycles. The second-order valence-corrected chi connectivity index (χ2v) is 5.18. The monoisotopic (exact) mass is 326 g/mol. The largest absolute Gasteiger partial charge is 0.478 e. The van der Waals surface area contributed by atoms with Gasteiger partial charge in [0, 0.05) is 17.7 Å². The summed E-state index contributed by atoms with van der Waals surface area (Å²) in [5.74, 6) is -1.69. The number of anilines is 2. The smallest absolute Gasteiger partial charge is 0.337 e. The van der Waals surface area contributed by atoms with Gasteiger partial charge in [0.25, 0.3) is 5.91 Å². The van der Waals surface area contributed by atoms with Crippen molar-refractivity contribution in [2.75, 3.05) is 10.6 Å². The molecule has 6 nitrogen and oxygen atoms in total. The summed E-state index contributed by atoms with van der Waals surface area (Å²) in [6.07, 6.45) is 1.14. The highest BCUT2D eigenvalue weighted by atomic mass is 16.4. The molecule has 0 aliphatic carbocycles. The lowest BCUT2D eigenvalue weighted by Gasteiger charge is -2.10. The Labute approximate surface area is 139 Å². The van der Waals surface area contributed by atoms with Crippen molar-refractivity contribution in [3.8, 4) is 0 Å². The van der Waals surface area contributed by atoms with E-state index < -0.39 is 11.9 Å². The van der Waals surface area contributed by atoms with Gasteiger partial charge in [0.2, 0.25) is 5.91 Å². The van der Waals surface area contributed by atoms with Crippen LogP contribution in [0.4, 0.5) is 11.4 Å². The molecule has 0 radical (unpaired) electrons. The minimum atomic E-state index is -1.12. The number of hydrogen-bond donors (Lipinski definition) is 3. The van der Waals surface area contributed by atoms with Gasteiger partial charge in [-0.05, 0) is 36.8 Å². The maximum atomic E-state index is 12.3. The number of carboxylic acids is 1. The fourth-order valence-electron chi connectivity index (χ4n) is 2.16. The van der Waals surface area contributed by atoms with Crippen LogP contribution in [0.25, 0.3) is 0 Å². The van der Waals surface area contributed by atoms with E-state index in [1.807, 2.05) is 6.92 Å². The van der Waals surface area contributed by atoms with E-state index in [1.165, 1.54) is 12.1 Å². The SMILES string of the molecule is CCCC(=O)Nc1cccc(C(=O)Nc2ccccc2C(=O)O)c1. The standard InChI is InChI=1S/C18H18N2O4/c1-2-6-16(21)19-13-8-5-7-12(11-13)17(22)20-15-10-4-3-9-14(15)18(23)24/h3-5,7-11H,2,6H2,1H3,(H,19,21)(H,20,22)(H,23,24). The van der Waals surface area contributed by atoms with Gasteiger partial charge in [-0.1, -0.05) is 25.1 Å². The molecule has 2 amide bonds. The molecule has 24 heavy (non-hydrogen) atoms. The van der Waals surface area contributed by atoms with Crippen LogP contribution in [-0.2, 0) is 4.79 Å². The number of carboxylic acid groups (broad SMARTS) is 1. The molecule has 0 aromatic heterocycles. The minimum absolute atomic E-state index is 0.0123. The van der Waals surface area contributed by atoms with Crippen molar-refractivity contribution in [3.05, 3.63) is 59.7 Å². The molecule has 124 valence electrons. The molecular weight excluding hydrogens is 308 g/mol. The van der Waals surface area contributed by atoms with Gasteiger partial charge >= 0.3 is 5.97 Å². The van der Waals surface area contributed by atoms with Crippen molar-refractivity contribution in [2.24, 2.45) is 0 Å². The lowest BCUT2D eigenvalue weighted by molar-refractivity contribution is -0.116. The highest BCUT2D eigenvalue weighted by molar-refractivity contribution is 6.08. The highest BCUT2D eigenvalue weighted by Gasteiger charge is 2.13. The molecule has 2 aromatic rings. The predicted octanol–water partition coefficient (Wildman–Crippen LogP) is 3.38. The summed E-state index contributed by atoms with van der Waals surface area (Å²) in [4.78, 5) is 35.1. The van der Waals surface area contributed by atoms with Gasteiger partial charge < -0.3 is 15.7 Å². The molecule has 0 atom stereocenters. The Morgan fingerprint density at radius 2 is 1.75 bits per heavy atom. The summed E-state index contributed by atoms with van der Waals surface area (Å²) in [6.45, 7) is 1.91. The number of rotatable bonds is 6. The quantitative estimate of drug-likeness (QED) is 0.758. The normalized spacial score (nSPS) is 10.0. The molecule has 2 aromatic carbocycles. The van der Waals surface area contributed by atoms with Crippen LogP contribution in [0, 0.1) is 0 Å². The molecule has 0 aliphatic heterocycles. The number of nitrogens with one attached hydrogen (secondary N) is 2. The van der Waals surface area contributed by atoms with E-state index in [0.717, 1.165) is 6.42 Å². The molecule has 0 fully saturated rings. The van der Waals surface area contributed by atoms with Crippen LogP contribution in [0.3, 0.4) is 0 Å². The molecule has 6 heteroatoms. The van der Waals surface area contributed by atoms with Crippen molar-refractivity contribution < 1.29 is 19.5 Å². The Kier molecular flexibility index (Phi) is 5.68. The molecule has 3 N–H and O–H groups in total. The first-order valence-electron chi connectivity index (χ1n) is 7.55. The highest BCUT2D eigenvalue weighted by Crippen LogP contribution is 2.17. The number of carbonyl (C=O) groups excluding carboxylic acids is 2. The Balaban J connectivity index is 2.16. The van der Waals surface area contributed by atoms with E-state index in [2.05, 4.69) is 10.6 Å². The second kappa shape index (κ2) is 7.92. The summed E-state index contributed by atoms with van der Waals surface area (Å²) >= 11 is 0. The zero-order valence-corrected chi connectivity index (χ0v) is 13.2. The van der Waals surface area contributed by atoms with Crippen molar-refractivity contribution in [2.45, 2.75) is 19.8 Å². The number of hydrogen-bond acceptors (Lipinski definition) is 3. The van der Waals surface area contributed by atoms with Gasteiger partial charge in [-0.3, -0.25) is 9.59 Å². The number of para-hydroxylation sites is 1. The van der Waals surface area contributed by atoms with Crippen molar-refractivity contribution in [3.63, 3.8) is 0 Å². The Morgan fingerprint density at radius 3 is 2.46 bits per heavy atom. The Morgan fingerprint density at radius 1 is 1.00 bits per heavy atom. The Bertz CT molecular complexity index is 771. The number of aromatic carboxylic acids is 1. The van der Waals surface area contributed by atoms with Gasteiger partial charge in [-0.25, -0.2) is 4.79 Å². The van der Waals surface area contributed by atoms with Crippen LogP contribution in [0.15, 0.2) is 48.5 Å². The minimum Gasteiger partial charge on any atom is -0.478 e. The summed E-state index contributed by atoms with van der Waals surface area (Å²) in [5.41, 5.74) is 1.07. The first-order valence-corrected chi connectivity index (χ1v) is 7.55. The van der Waals surface area contributed by atoms with Crippen LogP contribution >= 0.6 is 0 Å². The van der Waals surface area contributed by atoms with E-state index in [0.29, 0.717) is 17.7 Å². The topological polar surface area (TPSA) is 95.5 Å². The predicted molar refractivity (Wildman–Crippen MR) is 91.3 cm³/mol. The van der Waals surface area contributed by atoms with Gasteiger partial charge in [0.05, 0.1) is 11.3 Å². The van der Waals surface area contributed by atoms with E-state index in [-0.39, 0.29) is 17.2 Å². The molecule has 0 bridgehead atoms. The second-order valence-electron chi connectivity index (χ2n) is 5.18. The molecule has 0 spiro atoms. The van der Waals surface area contributed by atoms with E-state index in [9.17, 15) is 14.4 Å². The van der Waals surface area contributed by atoms with Crippen LogP contribution in [0.1, 0.15) is 40.5 Å². The third-order valence-electron chi connectivity index (χ3n) is 3.29. The Hall–Kier alpha value is -3.15. The fourth-order valence-corrected chi connectivity index (χ4v) is 2.16. The zero-order chi connectivity index (χ0) is 17.5. The lowest BCUT2D eigenvalue weighted by atomic mass is 10.1. The zero-order valence-electron chi connectivity index (χ0n) is 13.2. The van der Waals surface area contributed by atoms with E-state index in [4.69, 9.17) is 5.11 Å². The molecule has 0 unspecified atom stereocenters. The van der Waals surface area contributed by atoms with Crippen molar-refractivity contribution in [1.29, 1.82) is 0 Å². The van der Waals surface area contributed by atoms with Gasteiger partial charge in [-0.2, -0.15) is 0 Å². The number of benzene rings is 2. The van der Waals surface area contributed by atoms with Gasteiger partial charge in [0.15, 0.2) is 0 Å². The van der Waals surface area contributed by atoms with E-state index in [1.54, 1.807) is 36.4 Å².